The number of carbonyl (C=O) groups excluding carboxylic acids is 1. The predicted molar refractivity (Wildman–Crippen MR) is 156 cm³/mol. The molecule has 2 atom stereocenters. The summed E-state index contributed by atoms with van der Waals surface area (Å²) in [6, 6.07) is 0. The van der Waals surface area contributed by atoms with Crippen LogP contribution in [0.2, 0.25) is 0 Å². The van der Waals surface area contributed by atoms with E-state index in [1.54, 1.807) is 6.08 Å². The second-order valence-corrected chi connectivity index (χ2v) is 9.46. The van der Waals surface area contributed by atoms with E-state index < -0.39 is 17.7 Å². The lowest BCUT2D eigenvalue weighted by molar-refractivity contribution is -0.135. The number of allylic oxidation sites excluding steroid dienone is 11. The minimum absolute atomic E-state index is 0.119. The van der Waals surface area contributed by atoms with Gasteiger partial charge in [0.1, 0.15) is 6.10 Å². The highest BCUT2D eigenvalue weighted by Crippen LogP contribution is 2.27. The Hall–Kier alpha value is -2.96. The van der Waals surface area contributed by atoms with Crippen molar-refractivity contribution in [2.45, 2.75) is 96.7 Å². The quantitative estimate of drug-likeness (QED) is 0.126. The molecule has 0 spiro atoms. The third-order valence-corrected chi connectivity index (χ3v) is 6.00. The molecule has 1 aliphatic rings. The SMILES string of the molecule is CC/C=C\C/C=C\C/C=C\C/C=C\C/C=C\CCCCOC(CC)C(=O)NC1=CCC(C)(O)C(C(=O)O)=C1. The van der Waals surface area contributed by atoms with Crippen molar-refractivity contribution in [3.63, 3.8) is 0 Å². The summed E-state index contributed by atoms with van der Waals surface area (Å²) in [5.74, 6) is -1.51. The fraction of sp³-hybridized carbons (Fsp3) is 0.500. The largest absolute Gasteiger partial charge is 0.478 e. The lowest BCUT2D eigenvalue weighted by Gasteiger charge is -2.27. The number of aliphatic hydroxyl groups is 1. The average Bonchev–Trinajstić information content (AvgIpc) is 2.88. The number of unbranched alkanes of at least 4 members (excludes halogenated alkanes) is 2. The van der Waals surface area contributed by atoms with Crippen LogP contribution < -0.4 is 5.32 Å². The van der Waals surface area contributed by atoms with Gasteiger partial charge in [0.25, 0.3) is 5.91 Å². The molecule has 0 saturated heterocycles. The number of carboxylic acids is 1. The van der Waals surface area contributed by atoms with Gasteiger partial charge in [-0.15, -0.1) is 0 Å². The fourth-order valence-corrected chi connectivity index (χ4v) is 3.73. The molecule has 0 heterocycles. The Bertz CT molecular complexity index is 918. The summed E-state index contributed by atoms with van der Waals surface area (Å²) in [6.45, 7) is 5.95. The Morgan fingerprint density at radius 1 is 0.947 bits per heavy atom. The van der Waals surface area contributed by atoms with Gasteiger partial charge in [-0.05, 0) is 70.8 Å². The van der Waals surface area contributed by atoms with Crippen LogP contribution in [0.4, 0.5) is 0 Å². The Morgan fingerprint density at radius 2 is 1.50 bits per heavy atom. The van der Waals surface area contributed by atoms with Gasteiger partial charge in [0.05, 0.1) is 11.2 Å². The summed E-state index contributed by atoms with van der Waals surface area (Å²) < 4.78 is 5.76. The summed E-state index contributed by atoms with van der Waals surface area (Å²) in [5.41, 5.74) is -1.22. The molecule has 6 heteroatoms. The average molecular weight is 526 g/mol. The van der Waals surface area contributed by atoms with Gasteiger partial charge in [-0.1, -0.05) is 80.7 Å². The zero-order valence-corrected chi connectivity index (χ0v) is 23.4. The molecule has 0 aliphatic heterocycles. The number of aliphatic carboxylic acids is 1. The predicted octanol–water partition coefficient (Wildman–Crippen LogP) is 6.87. The molecule has 1 amide bonds. The minimum Gasteiger partial charge on any atom is -0.478 e. The monoisotopic (exact) mass is 525 g/mol. The van der Waals surface area contributed by atoms with Crippen molar-refractivity contribution in [1.29, 1.82) is 0 Å². The summed E-state index contributed by atoms with van der Waals surface area (Å²) in [6.07, 6.45) is 32.6. The number of ether oxygens (including phenoxy) is 1. The highest BCUT2D eigenvalue weighted by molar-refractivity contribution is 5.91. The molecule has 0 radical (unpaired) electrons. The number of hydrogen-bond acceptors (Lipinski definition) is 4. The van der Waals surface area contributed by atoms with Gasteiger partial charge in [0.2, 0.25) is 0 Å². The van der Waals surface area contributed by atoms with E-state index in [0.717, 1.165) is 51.4 Å². The summed E-state index contributed by atoms with van der Waals surface area (Å²) in [4.78, 5) is 23.9. The van der Waals surface area contributed by atoms with Crippen molar-refractivity contribution >= 4 is 11.9 Å². The molecule has 2 unspecified atom stereocenters. The molecule has 6 nitrogen and oxygen atoms in total. The summed E-state index contributed by atoms with van der Waals surface area (Å²) in [7, 11) is 0. The van der Waals surface area contributed by atoms with Crippen LogP contribution in [0.5, 0.6) is 0 Å². The normalized spacial score (nSPS) is 19.2. The number of amides is 1. The Kier molecular flexibility index (Phi) is 17.5. The maximum atomic E-state index is 12.6. The van der Waals surface area contributed by atoms with E-state index in [0.29, 0.717) is 18.7 Å². The van der Waals surface area contributed by atoms with Crippen LogP contribution in [-0.2, 0) is 14.3 Å². The van der Waals surface area contributed by atoms with Crippen LogP contribution in [-0.4, -0.2) is 40.4 Å². The van der Waals surface area contributed by atoms with E-state index in [2.05, 4.69) is 73.0 Å². The highest BCUT2D eigenvalue weighted by atomic mass is 16.5. The first kappa shape index (κ1) is 33.1. The van der Waals surface area contributed by atoms with E-state index >= 15 is 0 Å². The van der Waals surface area contributed by atoms with Crippen LogP contribution in [0.25, 0.3) is 0 Å². The molecule has 1 rings (SSSR count). The van der Waals surface area contributed by atoms with Crippen molar-refractivity contribution in [2.24, 2.45) is 0 Å². The third kappa shape index (κ3) is 14.7. The van der Waals surface area contributed by atoms with E-state index in [9.17, 15) is 19.8 Å². The van der Waals surface area contributed by atoms with Crippen molar-refractivity contribution in [3.8, 4) is 0 Å². The van der Waals surface area contributed by atoms with Gasteiger partial charge in [0.15, 0.2) is 0 Å². The molecule has 0 fully saturated rings. The maximum Gasteiger partial charge on any atom is 0.334 e. The lowest BCUT2D eigenvalue weighted by Crippen LogP contribution is -2.38. The first-order chi connectivity index (χ1) is 18.3. The van der Waals surface area contributed by atoms with Gasteiger partial charge in [0, 0.05) is 18.7 Å². The maximum absolute atomic E-state index is 12.6. The smallest absolute Gasteiger partial charge is 0.334 e. The van der Waals surface area contributed by atoms with Gasteiger partial charge < -0.3 is 20.3 Å². The molecule has 0 aromatic heterocycles. The fourth-order valence-electron chi connectivity index (χ4n) is 3.73. The second kappa shape index (κ2) is 20.1. The standard InChI is InChI=1S/C32H47NO5/c1-4-6-7-8-9-10-11-12-13-14-15-16-17-18-19-20-21-22-25-38-29(5-2)30(34)33-27-23-24-32(3,37)28(26-27)31(35)36/h6-7,9-10,12-13,15-16,18-19,23,26,29,37H,4-5,8,11,14,17,20-22,24-25H2,1-3H3,(H,33,34)(H,35,36)/b7-6-,10-9-,13-12-,16-15-,19-18-. The number of carboxylic acid groups (broad SMARTS) is 1. The van der Waals surface area contributed by atoms with Crippen LogP contribution in [0, 0.1) is 0 Å². The van der Waals surface area contributed by atoms with Gasteiger partial charge in [-0.25, -0.2) is 4.79 Å². The molecule has 3 N–H and O–H groups in total. The second-order valence-electron chi connectivity index (χ2n) is 9.46. The molecule has 0 aromatic rings. The zero-order chi connectivity index (χ0) is 28.1. The molecule has 1 aliphatic carbocycles. The van der Waals surface area contributed by atoms with Crippen LogP contribution >= 0.6 is 0 Å². The first-order valence-electron chi connectivity index (χ1n) is 13.9. The topological polar surface area (TPSA) is 95.9 Å². The highest BCUT2D eigenvalue weighted by Gasteiger charge is 2.33. The zero-order valence-electron chi connectivity index (χ0n) is 23.4. The molecule has 38 heavy (non-hydrogen) atoms. The first-order valence-corrected chi connectivity index (χ1v) is 13.9. The van der Waals surface area contributed by atoms with Gasteiger partial charge >= 0.3 is 5.97 Å². The molecular formula is C32H47NO5. The molecular weight excluding hydrogens is 478 g/mol. The van der Waals surface area contributed by atoms with Gasteiger partial charge in [-0.2, -0.15) is 0 Å². The van der Waals surface area contributed by atoms with Crippen molar-refractivity contribution < 1.29 is 24.5 Å². The van der Waals surface area contributed by atoms with Crippen LogP contribution in [0.3, 0.4) is 0 Å². The Labute approximate surface area is 229 Å². The summed E-state index contributed by atoms with van der Waals surface area (Å²) >= 11 is 0. The third-order valence-electron chi connectivity index (χ3n) is 6.00. The minimum atomic E-state index is -1.45. The Morgan fingerprint density at radius 3 is 2.03 bits per heavy atom. The van der Waals surface area contributed by atoms with E-state index in [-0.39, 0.29) is 17.9 Å². The molecule has 0 bridgehead atoms. The molecule has 0 saturated carbocycles. The van der Waals surface area contributed by atoms with Crippen molar-refractivity contribution in [3.05, 3.63) is 84.2 Å². The van der Waals surface area contributed by atoms with Crippen LogP contribution in [0.15, 0.2) is 84.2 Å². The number of carbonyl (C=O) groups is 2. The van der Waals surface area contributed by atoms with Crippen molar-refractivity contribution in [2.75, 3.05) is 6.61 Å². The molecule has 0 aromatic carbocycles. The lowest BCUT2D eigenvalue weighted by atomic mass is 9.87. The van der Waals surface area contributed by atoms with E-state index in [4.69, 9.17) is 4.74 Å². The molecule has 210 valence electrons. The van der Waals surface area contributed by atoms with Gasteiger partial charge in [-0.3, -0.25) is 4.79 Å². The number of hydrogen-bond donors (Lipinski definition) is 3. The van der Waals surface area contributed by atoms with Crippen LogP contribution in [0.1, 0.15) is 85.0 Å². The number of rotatable bonds is 19. The number of nitrogens with one attached hydrogen (secondary N) is 1. The van der Waals surface area contributed by atoms with Crippen molar-refractivity contribution in [1.82, 2.24) is 5.32 Å². The van der Waals surface area contributed by atoms with E-state index in [1.165, 1.54) is 13.0 Å². The Balaban J connectivity index is 2.17. The van der Waals surface area contributed by atoms with E-state index in [1.807, 2.05) is 6.92 Å². The summed E-state index contributed by atoms with van der Waals surface area (Å²) in [5, 5.41) is 22.2.